The van der Waals surface area contributed by atoms with Crippen LogP contribution in [0.3, 0.4) is 0 Å². The molecule has 2 aliphatic heterocycles. The Morgan fingerprint density at radius 1 is 1.03 bits per heavy atom. The zero-order valence-electron chi connectivity index (χ0n) is 41.9. The summed E-state index contributed by atoms with van der Waals surface area (Å²) in [4.78, 5) is 55.3. The van der Waals surface area contributed by atoms with E-state index in [1.54, 1.807) is 59.0 Å². The molecule has 1 aromatic carbocycles. The van der Waals surface area contributed by atoms with Crippen LogP contribution in [0.1, 0.15) is 92.3 Å². The number of carbonyl (C=O) groups excluding carboxylic acids is 3. The van der Waals surface area contributed by atoms with Gasteiger partial charge < -0.3 is 54.1 Å². The number of esters is 3. The Kier molecular flexibility index (Phi) is 19.6. The van der Waals surface area contributed by atoms with Crippen molar-refractivity contribution >= 4 is 34.9 Å². The van der Waals surface area contributed by atoms with Gasteiger partial charge in [-0.15, -0.1) is 0 Å². The summed E-state index contributed by atoms with van der Waals surface area (Å²) >= 11 is 0. The number of rotatable bonds is 14. The van der Waals surface area contributed by atoms with Crippen molar-refractivity contribution in [2.45, 2.75) is 154 Å². The van der Waals surface area contributed by atoms with Crippen LogP contribution in [-0.2, 0) is 44.5 Å². The van der Waals surface area contributed by atoms with Crippen molar-refractivity contribution in [3.63, 3.8) is 0 Å². The molecule has 4 heterocycles. The molecule has 0 spiro atoms. The number of fused-ring (bicyclic) bond motifs is 1. The summed E-state index contributed by atoms with van der Waals surface area (Å²) in [6, 6.07) is 14.2. The Balaban J connectivity index is 1.52. The summed E-state index contributed by atoms with van der Waals surface area (Å²) < 4.78 is 32.3. The quantitative estimate of drug-likeness (QED) is 0.0959. The molecule has 16 nitrogen and oxygen atoms in total. The molecule has 0 radical (unpaired) electrons. The van der Waals surface area contributed by atoms with Crippen LogP contribution in [0.25, 0.3) is 17.0 Å². The number of aliphatic hydroxyl groups is 3. The minimum absolute atomic E-state index is 0.0133. The highest BCUT2D eigenvalue weighted by atomic mass is 16.7. The molecule has 2 aliphatic rings. The second kappa shape index (κ2) is 24.4. The van der Waals surface area contributed by atoms with Crippen LogP contribution in [0.4, 0.5) is 0 Å². The van der Waals surface area contributed by atoms with Crippen molar-refractivity contribution < 1.29 is 53.4 Å². The Labute approximate surface area is 402 Å². The van der Waals surface area contributed by atoms with E-state index in [4.69, 9.17) is 23.7 Å². The molecule has 2 aromatic heterocycles. The Bertz CT molecular complexity index is 2120. The molecule has 14 atom stereocenters. The van der Waals surface area contributed by atoms with Crippen LogP contribution in [0, 0.1) is 17.8 Å². The van der Waals surface area contributed by atoms with Crippen LogP contribution in [-0.4, -0.2) is 160 Å². The molecule has 2 saturated heterocycles. The Hall–Kier alpha value is -4.39. The fraction of sp³-hybridized carbons (Fsp3) is 0.635. The van der Waals surface area contributed by atoms with Crippen LogP contribution < -0.4 is 5.32 Å². The van der Waals surface area contributed by atoms with Crippen LogP contribution in [0.15, 0.2) is 67.0 Å². The lowest BCUT2D eigenvalue weighted by molar-refractivity contribution is -0.301. The fourth-order valence-electron chi connectivity index (χ4n) is 9.91. The van der Waals surface area contributed by atoms with E-state index in [9.17, 15) is 29.7 Å². The topological polar surface area (TPSA) is 202 Å². The number of hydrogen-bond acceptors (Lipinski definition) is 16. The van der Waals surface area contributed by atoms with Crippen LogP contribution in [0.5, 0.6) is 0 Å². The monoisotopic (exact) mass is 948 g/mol. The maximum absolute atomic E-state index is 14.4. The lowest BCUT2D eigenvalue weighted by Gasteiger charge is -2.48. The first-order chi connectivity index (χ1) is 32.1. The highest BCUT2D eigenvalue weighted by molar-refractivity contribution is 5.80. The predicted molar refractivity (Wildman–Crippen MR) is 259 cm³/mol. The molecule has 16 heteroatoms. The number of aliphatic hydroxyl groups excluding tert-OH is 2. The summed E-state index contributed by atoms with van der Waals surface area (Å²) in [6.07, 6.45) is 0.334. The van der Waals surface area contributed by atoms with Crippen LogP contribution >= 0.6 is 0 Å². The van der Waals surface area contributed by atoms with Gasteiger partial charge in [-0.1, -0.05) is 57.2 Å². The molecular formula is C52H77N5O11. The molecular weight excluding hydrogens is 871 g/mol. The first kappa shape index (κ1) is 54.5. The third kappa shape index (κ3) is 14.1. The lowest BCUT2D eigenvalue weighted by Crippen LogP contribution is -2.60. The maximum Gasteiger partial charge on any atom is 0.312 e. The molecule has 0 saturated carbocycles. The fourth-order valence-corrected chi connectivity index (χ4v) is 9.91. The van der Waals surface area contributed by atoms with E-state index in [0.717, 1.165) is 16.5 Å². The summed E-state index contributed by atoms with van der Waals surface area (Å²) in [5.41, 5.74) is -1.07. The van der Waals surface area contributed by atoms with Gasteiger partial charge in [0.15, 0.2) is 6.29 Å². The van der Waals surface area contributed by atoms with Crippen LogP contribution in [0.2, 0.25) is 0 Å². The third-order valence-electron chi connectivity index (χ3n) is 13.8. The first-order valence-corrected chi connectivity index (χ1v) is 24.1. The van der Waals surface area contributed by atoms with Gasteiger partial charge in [-0.2, -0.15) is 0 Å². The van der Waals surface area contributed by atoms with Gasteiger partial charge in [0.2, 0.25) is 0 Å². The number of nitrogens with one attached hydrogen (secondary N) is 1. The van der Waals surface area contributed by atoms with Gasteiger partial charge in [-0.05, 0) is 111 Å². The van der Waals surface area contributed by atoms with E-state index in [1.807, 2.05) is 87.4 Å². The highest BCUT2D eigenvalue weighted by Gasteiger charge is 2.53. The number of para-hydroxylation sites is 1. The SMILES string of the molecule is CC[C@H]1OC(=O)[C@H](C)[C@@H](OC(=O)Cc2ccccn2)[C@H](C)[C@@H](O[C@@H]2O[C@H](C)C[C@H](N(C)C)[C@H]2O)[C@](C)(OC(=O)CCNC/C=C/c2cnc3ccccc3c2)C[C@@H](C)CN(C)[C@H](C)[C@@H](O)[C@]1(C)O. The number of likely N-dealkylation sites (N-methyl/N-ethyl adjacent to an activating group) is 2. The largest absolute Gasteiger partial charge is 0.461 e. The van der Waals surface area contributed by atoms with Gasteiger partial charge in [0, 0.05) is 55.4 Å². The number of cyclic esters (lactones) is 1. The number of nitrogens with zero attached hydrogens (tertiary/aromatic N) is 4. The normalized spacial score (nSPS) is 33.7. The maximum atomic E-state index is 14.4. The van der Waals surface area contributed by atoms with E-state index in [2.05, 4.69) is 21.4 Å². The van der Waals surface area contributed by atoms with Crippen molar-refractivity contribution in [1.29, 1.82) is 0 Å². The molecule has 3 aromatic rings. The van der Waals surface area contributed by atoms with Gasteiger partial charge in [0.05, 0.1) is 36.1 Å². The molecule has 5 rings (SSSR count). The van der Waals surface area contributed by atoms with Gasteiger partial charge in [-0.25, -0.2) is 0 Å². The molecule has 0 bridgehead atoms. The number of carbonyl (C=O) groups is 3. The van der Waals surface area contributed by atoms with Gasteiger partial charge in [-0.3, -0.25) is 24.4 Å². The van der Waals surface area contributed by atoms with E-state index >= 15 is 0 Å². The van der Waals surface area contributed by atoms with Crippen molar-refractivity contribution in [2.75, 3.05) is 40.8 Å². The zero-order chi connectivity index (χ0) is 49.9. The standard InChI is InChI=1S/C52H77N5O11/c1-12-42-52(8,63)47(61)36(6)57(11)31-32(2)29-51(7,68-43(58)22-25-53-23-17-18-37-27-38-19-13-14-21-40(38)55-30-37)48(67-50-45(60)41(56(9)10)26-33(3)64-50)34(4)46(35(5)49(62)65-42)66-44(59)28-39-20-15-16-24-54-39/h13-21,24,27,30,32-36,41-42,45-48,50,53,60-61,63H,12,22-23,25-26,28-29,31H2,1-11H3/b18-17+/t32-,33-,34+,35-,36-,41+,42-,45-,46+,47-,48-,50+,51-,52-/m1/s1. The number of benzene rings is 1. The first-order valence-electron chi connectivity index (χ1n) is 24.1. The minimum atomic E-state index is -1.88. The number of pyridine rings is 2. The van der Waals surface area contributed by atoms with Crippen molar-refractivity contribution in [3.05, 3.63) is 78.3 Å². The van der Waals surface area contributed by atoms with Gasteiger partial charge in [0.1, 0.15) is 41.7 Å². The lowest BCUT2D eigenvalue weighted by atomic mass is 9.77. The number of hydrogen-bond donors (Lipinski definition) is 4. The van der Waals surface area contributed by atoms with Crippen molar-refractivity contribution in [1.82, 2.24) is 25.1 Å². The molecule has 0 unspecified atom stereocenters. The zero-order valence-corrected chi connectivity index (χ0v) is 41.9. The molecule has 376 valence electrons. The van der Waals surface area contributed by atoms with E-state index in [1.165, 1.54) is 6.92 Å². The number of aromatic nitrogens is 2. The van der Waals surface area contributed by atoms with Gasteiger partial charge >= 0.3 is 17.9 Å². The van der Waals surface area contributed by atoms with Crippen molar-refractivity contribution in [3.8, 4) is 0 Å². The van der Waals surface area contributed by atoms with Crippen molar-refractivity contribution in [2.24, 2.45) is 17.8 Å². The van der Waals surface area contributed by atoms with E-state index < -0.39 is 83.8 Å². The molecule has 0 aliphatic carbocycles. The predicted octanol–water partition coefficient (Wildman–Crippen LogP) is 4.96. The third-order valence-corrected chi connectivity index (χ3v) is 13.8. The highest BCUT2D eigenvalue weighted by Crippen LogP contribution is 2.40. The van der Waals surface area contributed by atoms with E-state index in [-0.39, 0.29) is 50.3 Å². The molecule has 68 heavy (non-hydrogen) atoms. The second-order valence-corrected chi connectivity index (χ2v) is 19.8. The van der Waals surface area contributed by atoms with Gasteiger partial charge in [0.25, 0.3) is 0 Å². The molecule has 0 amide bonds. The number of ether oxygens (including phenoxy) is 5. The summed E-state index contributed by atoms with van der Waals surface area (Å²) in [6.45, 7) is 15.1. The second-order valence-electron chi connectivity index (χ2n) is 19.8. The average molecular weight is 948 g/mol. The Morgan fingerprint density at radius 3 is 2.44 bits per heavy atom. The molecule has 4 N–H and O–H groups in total. The summed E-state index contributed by atoms with van der Waals surface area (Å²) in [5.74, 6) is -4.36. The minimum Gasteiger partial charge on any atom is -0.461 e. The molecule has 2 fully saturated rings. The summed E-state index contributed by atoms with van der Waals surface area (Å²) in [5, 5.41) is 39.8. The average Bonchev–Trinajstić information content (AvgIpc) is 3.29. The van der Waals surface area contributed by atoms with E-state index in [0.29, 0.717) is 25.2 Å². The summed E-state index contributed by atoms with van der Waals surface area (Å²) in [7, 11) is 5.57. The smallest absolute Gasteiger partial charge is 0.312 e. The Morgan fingerprint density at radius 2 is 1.75 bits per heavy atom.